The van der Waals surface area contributed by atoms with Crippen molar-refractivity contribution in [1.29, 1.82) is 0 Å². The second-order valence-corrected chi connectivity index (χ2v) is 4.71. The Hall–Kier alpha value is -0.610. The van der Waals surface area contributed by atoms with Crippen LogP contribution in [0.25, 0.3) is 0 Å². The second kappa shape index (κ2) is 4.49. The highest BCUT2D eigenvalue weighted by molar-refractivity contribution is 5.78. The average Bonchev–Trinajstić information content (AvgIpc) is 2.41. The van der Waals surface area contributed by atoms with E-state index in [-0.39, 0.29) is 5.91 Å². The van der Waals surface area contributed by atoms with Gasteiger partial charge < -0.3 is 10.2 Å². The van der Waals surface area contributed by atoms with Crippen LogP contribution < -0.4 is 5.32 Å². The summed E-state index contributed by atoms with van der Waals surface area (Å²) in [5, 5.41) is 2.94. The van der Waals surface area contributed by atoms with Crippen molar-refractivity contribution in [3.63, 3.8) is 0 Å². The predicted molar refractivity (Wildman–Crippen MR) is 59.7 cm³/mol. The van der Waals surface area contributed by atoms with Gasteiger partial charge in [0.15, 0.2) is 0 Å². The van der Waals surface area contributed by atoms with E-state index in [1.807, 2.05) is 11.9 Å². The first-order valence-electron chi connectivity index (χ1n) is 5.86. The maximum absolute atomic E-state index is 11.8. The first kappa shape index (κ1) is 10.9. The SMILES string of the molecule is CNCC(=O)N1CCC2CCC(C1)N2C. The third-order valence-corrected chi connectivity index (χ3v) is 3.83. The lowest BCUT2D eigenvalue weighted by molar-refractivity contribution is -0.130. The Balaban J connectivity index is 1.97. The smallest absolute Gasteiger partial charge is 0.236 e. The zero-order chi connectivity index (χ0) is 10.8. The quantitative estimate of drug-likeness (QED) is 0.693. The molecule has 2 bridgehead atoms. The van der Waals surface area contributed by atoms with Crippen LogP contribution in [0, 0.1) is 0 Å². The zero-order valence-electron chi connectivity index (χ0n) is 9.70. The third-order valence-electron chi connectivity index (χ3n) is 3.83. The fourth-order valence-electron chi connectivity index (χ4n) is 2.80. The number of fused-ring (bicyclic) bond motifs is 2. The van der Waals surface area contributed by atoms with Gasteiger partial charge in [0.25, 0.3) is 0 Å². The number of likely N-dealkylation sites (tertiary alicyclic amines) is 1. The standard InChI is InChI=1S/C11H21N3O/c1-12-7-11(15)14-6-5-9-3-4-10(8-14)13(9)2/h9-10,12H,3-8H2,1-2H3. The highest BCUT2D eigenvalue weighted by Crippen LogP contribution is 2.28. The van der Waals surface area contributed by atoms with E-state index in [4.69, 9.17) is 0 Å². The van der Waals surface area contributed by atoms with Gasteiger partial charge in [0.1, 0.15) is 0 Å². The molecule has 0 aromatic rings. The number of likely N-dealkylation sites (N-methyl/N-ethyl adjacent to an activating group) is 2. The monoisotopic (exact) mass is 211 g/mol. The van der Waals surface area contributed by atoms with Crippen molar-refractivity contribution in [3.05, 3.63) is 0 Å². The Bertz CT molecular complexity index is 244. The summed E-state index contributed by atoms with van der Waals surface area (Å²) in [7, 11) is 4.03. The molecule has 2 unspecified atom stereocenters. The predicted octanol–water partition coefficient (Wildman–Crippen LogP) is -0.0991. The second-order valence-electron chi connectivity index (χ2n) is 4.71. The lowest BCUT2D eigenvalue weighted by atomic mass is 10.1. The van der Waals surface area contributed by atoms with Crippen LogP contribution in [-0.4, -0.2) is 61.5 Å². The van der Waals surface area contributed by atoms with Crippen LogP contribution in [0.3, 0.4) is 0 Å². The molecule has 0 aromatic heterocycles. The molecule has 15 heavy (non-hydrogen) atoms. The Morgan fingerprint density at radius 3 is 2.80 bits per heavy atom. The van der Waals surface area contributed by atoms with Gasteiger partial charge in [-0.05, 0) is 33.4 Å². The summed E-state index contributed by atoms with van der Waals surface area (Å²) < 4.78 is 0. The molecule has 0 saturated carbocycles. The summed E-state index contributed by atoms with van der Waals surface area (Å²) in [5.74, 6) is 0.249. The molecule has 2 rings (SSSR count). The van der Waals surface area contributed by atoms with Crippen LogP contribution in [0.4, 0.5) is 0 Å². The largest absolute Gasteiger partial charge is 0.340 e. The lowest BCUT2D eigenvalue weighted by Gasteiger charge is -2.25. The number of carbonyl (C=O) groups is 1. The maximum Gasteiger partial charge on any atom is 0.236 e. The van der Waals surface area contributed by atoms with Crippen LogP contribution in [-0.2, 0) is 4.79 Å². The van der Waals surface area contributed by atoms with Gasteiger partial charge >= 0.3 is 0 Å². The van der Waals surface area contributed by atoms with E-state index in [2.05, 4.69) is 17.3 Å². The Kier molecular flexibility index (Phi) is 3.26. The zero-order valence-corrected chi connectivity index (χ0v) is 9.70. The molecule has 2 heterocycles. The molecule has 2 aliphatic heterocycles. The van der Waals surface area contributed by atoms with Crippen LogP contribution in [0.2, 0.25) is 0 Å². The summed E-state index contributed by atoms with van der Waals surface area (Å²) in [5.41, 5.74) is 0. The lowest BCUT2D eigenvalue weighted by Crippen LogP contribution is -2.42. The van der Waals surface area contributed by atoms with Gasteiger partial charge in [0, 0.05) is 25.2 Å². The minimum atomic E-state index is 0.249. The molecule has 1 N–H and O–H groups in total. The summed E-state index contributed by atoms with van der Waals surface area (Å²) in [4.78, 5) is 16.3. The van der Waals surface area contributed by atoms with Gasteiger partial charge in [-0.25, -0.2) is 0 Å². The number of rotatable bonds is 2. The number of nitrogens with one attached hydrogen (secondary N) is 1. The summed E-state index contributed by atoms with van der Waals surface area (Å²) in [6.45, 7) is 2.33. The van der Waals surface area contributed by atoms with Gasteiger partial charge in [-0.1, -0.05) is 0 Å². The molecule has 0 aromatic carbocycles. The van der Waals surface area contributed by atoms with Crippen molar-refractivity contribution in [1.82, 2.24) is 15.1 Å². The molecular formula is C11H21N3O. The summed E-state index contributed by atoms with van der Waals surface area (Å²) >= 11 is 0. The first-order valence-corrected chi connectivity index (χ1v) is 5.86. The van der Waals surface area contributed by atoms with Crippen molar-refractivity contribution >= 4 is 5.91 Å². The van der Waals surface area contributed by atoms with Gasteiger partial charge in [0.2, 0.25) is 5.91 Å². The molecule has 2 fully saturated rings. The third kappa shape index (κ3) is 2.16. The number of hydrogen-bond donors (Lipinski definition) is 1. The highest BCUT2D eigenvalue weighted by atomic mass is 16.2. The highest BCUT2D eigenvalue weighted by Gasteiger charge is 2.35. The van der Waals surface area contributed by atoms with Crippen molar-refractivity contribution in [2.75, 3.05) is 33.7 Å². The van der Waals surface area contributed by atoms with E-state index in [1.165, 1.54) is 12.8 Å². The molecular weight excluding hydrogens is 190 g/mol. The molecule has 2 saturated heterocycles. The molecule has 0 aliphatic carbocycles. The van der Waals surface area contributed by atoms with Crippen LogP contribution in [0.1, 0.15) is 19.3 Å². The van der Waals surface area contributed by atoms with Crippen molar-refractivity contribution in [2.45, 2.75) is 31.3 Å². The number of nitrogens with zero attached hydrogens (tertiary/aromatic N) is 2. The van der Waals surface area contributed by atoms with E-state index in [9.17, 15) is 4.79 Å². The average molecular weight is 211 g/mol. The fraction of sp³-hybridized carbons (Fsp3) is 0.909. The Labute approximate surface area is 91.6 Å². The molecule has 4 heteroatoms. The topological polar surface area (TPSA) is 35.6 Å². The van der Waals surface area contributed by atoms with E-state index in [0.29, 0.717) is 18.6 Å². The number of amides is 1. The fourth-order valence-corrected chi connectivity index (χ4v) is 2.80. The molecule has 4 nitrogen and oxygen atoms in total. The molecule has 0 radical (unpaired) electrons. The minimum absolute atomic E-state index is 0.249. The normalized spacial score (nSPS) is 31.7. The van der Waals surface area contributed by atoms with Gasteiger partial charge in [-0.3, -0.25) is 9.69 Å². The molecule has 1 amide bonds. The van der Waals surface area contributed by atoms with Gasteiger partial charge in [-0.2, -0.15) is 0 Å². The van der Waals surface area contributed by atoms with Crippen molar-refractivity contribution < 1.29 is 4.79 Å². The summed E-state index contributed by atoms with van der Waals surface area (Å²) in [6, 6.07) is 1.31. The first-order chi connectivity index (χ1) is 7.22. The van der Waals surface area contributed by atoms with E-state index in [0.717, 1.165) is 19.5 Å². The van der Waals surface area contributed by atoms with Crippen LogP contribution >= 0.6 is 0 Å². The number of hydrogen-bond acceptors (Lipinski definition) is 3. The minimum Gasteiger partial charge on any atom is -0.340 e. The van der Waals surface area contributed by atoms with Crippen LogP contribution in [0.15, 0.2) is 0 Å². The van der Waals surface area contributed by atoms with Crippen molar-refractivity contribution in [3.8, 4) is 0 Å². The van der Waals surface area contributed by atoms with E-state index in [1.54, 1.807) is 0 Å². The van der Waals surface area contributed by atoms with E-state index >= 15 is 0 Å². The van der Waals surface area contributed by atoms with Gasteiger partial charge in [-0.15, -0.1) is 0 Å². The number of carbonyl (C=O) groups excluding carboxylic acids is 1. The summed E-state index contributed by atoms with van der Waals surface area (Å²) in [6.07, 6.45) is 3.71. The molecule has 86 valence electrons. The van der Waals surface area contributed by atoms with Crippen molar-refractivity contribution in [2.24, 2.45) is 0 Å². The van der Waals surface area contributed by atoms with Crippen LogP contribution in [0.5, 0.6) is 0 Å². The molecule has 0 spiro atoms. The maximum atomic E-state index is 11.8. The Morgan fingerprint density at radius 1 is 1.33 bits per heavy atom. The molecule has 2 aliphatic rings. The molecule has 2 atom stereocenters. The Morgan fingerprint density at radius 2 is 2.07 bits per heavy atom. The van der Waals surface area contributed by atoms with E-state index < -0.39 is 0 Å². The van der Waals surface area contributed by atoms with Gasteiger partial charge in [0.05, 0.1) is 6.54 Å².